The third-order valence-electron chi connectivity index (χ3n) is 3.30. The average Bonchev–Trinajstić information content (AvgIpc) is 2.51. The van der Waals surface area contributed by atoms with Crippen LogP contribution < -0.4 is 0 Å². The van der Waals surface area contributed by atoms with Crippen molar-refractivity contribution in [1.82, 2.24) is 4.90 Å². The number of hydrogen-bond acceptors (Lipinski definition) is 2. The van der Waals surface area contributed by atoms with Crippen LogP contribution in [0, 0.1) is 11.8 Å². The van der Waals surface area contributed by atoms with E-state index in [0.29, 0.717) is 6.42 Å². The maximum Gasteiger partial charge on any atom is 0.438 e. The summed E-state index contributed by atoms with van der Waals surface area (Å²) in [4.78, 5) is 12.7. The number of benzene rings is 1. The van der Waals surface area contributed by atoms with Crippen LogP contribution in [0.5, 0.6) is 0 Å². The lowest BCUT2D eigenvalue weighted by molar-refractivity contribution is -0.343. The first-order valence-electron chi connectivity index (χ1n) is 7.02. The SMILES string of the molecule is CN(CC#CC(O)(C(F)(F)F)C(F)(F)F)C(=O)CCc1ccccc1. The highest BCUT2D eigenvalue weighted by Crippen LogP contribution is 2.42. The van der Waals surface area contributed by atoms with Crippen LogP contribution in [0.2, 0.25) is 0 Å². The smallest absolute Gasteiger partial charge is 0.363 e. The van der Waals surface area contributed by atoms with E-state index in [4.69, 9.17) is 5.11 Å². The predicted octanol–water partition coefficient (Wildman–Crippen LogP) is 2.94. The van der Waals surface area contributed by atoms with E-state index in [-0.39, 0.29) is 6.42 Å². The minimum Gasteiger partial charge on any atom is -0.363 e. The van der Waals surface area contributed by atoms with E-state index < -0.39 is 30.4 Å². The molecular weight excluding hydrogens is 352 g/mol. The molecular formula is C16H15F6NO2. The molecule has 0 heterocycles. The third-order valence-corrected chi connectivity index (χ3v) is 3.30. The van der Waals surface area contributed by atoms with Crippen molar-refractivity contribution in [3.63, 3.8) is 0 Å². The summed E-state index contributed by atoms with van der Waals surface area (Å²) in [6.07, 6.45) is -11.6. The Labute approximate surface area is 140 Å². The molecule has 25 heavy (non-hydrogen) atoms. The largest absolute Gasteiger partial charge is 0.438 e. The zero-order chi connectivity index (χ0) is 19.3. The highest BCUT2D eigenvalue weighted by atomic mass is 19.4. The number of hydrogen-bond donors (Lipinski definition) is 1. The summed E-state index contributed by atoms with van der Waals surface area (Å²) < 4.78 is 74.6. The van der Waals surface area contributed by atoms with Gasteiger partial charge in [0.1, 0.15) is 0 Å². The van der Waals surface area contributed by atoms with Crippen molar-refractivity contribution in [2.24, 2.45) is 0 Å². The summed E-state index contributed by atoms with van der Waals surface area (Å²) in [5.41, 5.74) is -4.27. The van der Waals surface area contributed by atoms with Gasteiger partial charge in [-0.25, -0.2) is 0 Å². The minimum absolute atomic E-state index is 0.0189. The molecule has 0 aliphatic carbocycles. The van der Waals surface area contributed by atoms with Gasteiger partial charge in [-0.3, -0.25) is 4.79 Å². The van der Waals surface area contributed by atoms with Gasteiger partial charge in [-0.15, -0.1) is 0 Å². The van der Waals surface area contributed by atoms with Crippen molar-refractivity contribution < 1.29 is 36.2 Å². The summed E-state index contributed by atoms with van der Waals surface area (Å²) in [7, 11) is 1.20. The third kappa shape index (κ3) is 5.39. The maximum atomic E-state index is 12.4. The number of carbonyl (C=O) groups excluding carboxylic acids is 1. The standard InChI is InChI=1S/C16H15F6NO2/c1-23(13(24)9-8-12-6-3-2-4-7-12)11-5-10-14(25,15(17,18)19)16(20,21)22/h2-4,6-7,25H,8-9,11H2,1H3. The van der Waals surface area contributed by atoms with Crippen molar-refractivity contribution in [2.45, 2.75) is 30.8 Å². The molecule has 0 aromatic heterocycles. The number of nitrogens with zero attached hydrogens (tertiary/aromatic N) is 1. The molecule has 1 amide bonds. The van der Waals surface area contributed by atoms with Gasteiger partial charge >= 0.3 is 18.0 Å². The number of amides is 1. The van der Waals surface area contributed by atoms with Gasteiger partial charge in [-0.05, 0) is 17.9 Å². The number of aliphatic hydroxyl groups is 1. The highest BCUT2D eigenvalue weighted by molar-refractivity contribution is 5.76. The van der Waals surface area contributed by atoms with Crippen molar-refractivity contribution in [3.8, 4) is 11.8 Å². The molecule has 0 aliphatic heterocycles. The first-order valence-corrected chi connectivity index (χ1v) is 7.02. The summed E-state index contributed by atoms with van der Waals surface area (Å²) in [6, 6.07) is 8.88. The first kappa shape index (κ1) is 20.8. The van der Waals surface area contributed by atoms with Crippen molar-refractivity contribution in [2.75, 3.05) is 13.6 Å². The molecule has 0 unspecified atom stereocenters. The normalized spacial score (nSPS) is 12.3. The molecule has 9 heteroatoms. The summed E-state index contributed by atoms with van der Waals surface area (Å²) in [6.45, 7) is -0.678. The number of carbonyl (C=O) groups is 1. The average molecular weight is 367 g/mol. The van der Waals surface area contributed by atoms with Crippen LogP contribution in [0.3, 0.4) is 0 Å². The molecule has 0 radical (unpaired) electrons. The molecule has 138 valence electrons. The van der Waals surface area contributed by atoms with E-state index in [1.165, 1.54) is 7.05 Å². The first-order chi connectivity index (χ1) is 11.4. The van der Waals surface area contributed by atoms with Gasteiger partial charge in [-0.2, -0.15) is 26.3 Å². The Bertz CT molecular complexity index is 629. The van der Waals surface area contributed by atoms with E-state index >= 15 is 0 Å². The monoisotopic (exact) mass is 367 g/mol. The fraction of sp³-hybridized carbons (Fsp3) is 0.438. The van der Waals surface area contributed by atoms with Crippen LogP contribution >= 0.6 is 0 Å². The second-order valence-electron chi connectivity index (χ2n) is 5.24. The van der Waals surface area contributed by atoms with Crippen LogP contribution in [0.4, 0.5) is 26.3 Å². The lowest BCUT2D eigenvalue weighted by Crippen LogP contribution is -2.55. The van der Waals surface area contributed by atoms with Gasteiger partial charge in [-0.1, -0.05) is 36.3 Å². The minimum atomic E-state index is -6.01. The van der Waals surface area contributed by atoms with Crippen molar-refractivity contribution in [3.05, 3.63) is 35.9 Å². The zero-order valence-corrected chi connectivity index (χ0v) is 13.1. The van der Waals surface area contributed by atoms with Gasteiger partial charge in [0.2, 0.25) is 5.91 Å². The van der Waals surface area contributed by atoms with Crippen LogP contribution in [0.25, 0.3) is 0 Å². The Balaban J connectivity index is 2.70. The van der Waals surface area contributed by atoms with E-state index in [1.54, 1.807) is 36.3 Å². The van der Waals surface area contributed by atoms with Gasteiger partial charge < -0.3 is 10.0 Å². The van der Waals surface area contributed by atoms with Crippen LogP contribution in [-0.2, 0) is 11.2 Å². The van der Waals surface area contributed by atoms with Crippen LogP contribution in [0.1, 0.15) is 12.0 Å². The maximum absolute atomic E-state index is 12.4. The fourth-order valence-electron chi connectivity index (χ4n) is 1.76. The second-order valence-corrected chi connectivity index (χ2v) is 5.24. The second kappa shape index (κ2) is 7.78. The number of halogens is 6. The molecule has 1 rings (SSSR count). The Morgan fingerprint density at radius 2 is 1.60 bits per heavy atom. The molecule has 1 N–H and O–H groups in total. The van der Waals surface area contributed by atoms with Gasteiger partial charge in [0.05, 0.1) is 6.54 Å². The van der Waals surface area contributed by atoms with E-state index in [9.17, 15) is 31.1 Å². The Morgan fingerprint density at radius 1 is 1.08 bits per heavy atom. The molecule has 1 aromatic carbocycles. The number of alkyl halides is 6. The lowest BCUT2D eigenvalue weighted by Gasteiger charge is -2.27. The molecule has 0 atom stereocenters. The summed E-state index contributed by atoms with van der Waals surface area (Å²) in [5.74, 6) is 1.88. The van der Waals surface area contributed by atoms with Gasteiger partial charge in [0, 0.05) is 13.5 Å². The molecule has 0 bridgehead atoms. The molecule has 1 aromatic rings. The lowest BCUT2D eigenvalue weighted by atomic mass is 10.0. The Morgan fingerprint density at radius 3 is 2.08 bits per heavy atom. The van der Waals surface area contributed by atoms with Gasteiger partial charge in [0.15, 0.2) is 0 Å². The zero-order valence-electron chi connectivity index (χ0n) is 13.1. The topological polar surface area (TPSA) is 40.5 Å². The molecule has 3 nitrogen and oxygen atoms in total. The van der Waals surface area contributed by atoms with Crippen molar-refractivity contribution in [1.29, 1.82) is 0 Å². The van der Waals surface area contributed by atoms with E-state index in [1.807, 2.05) is 0 Å². The van der Waals surface area contributed by atoms with Gasteiger partial charge in [0.25, 0.3) is 0 Å². The number of aryl methyl sites for hydroxylation is 1. The highest BCUT2D eigenvalue weighted by Gasteiger charge is 2.70. The quantitative estimate of drug-likeness (QED) is 0.657. The molecule has 0 aliphatic rings. The molecule has 0 saturated heterocycles. The van der Waals surface area contributed by atoms with E-state index in [0.717, 1.165) is 16.4 Å². The van der Waals surface area contributed by atoms with Crippen LogP contribution in [0.15, 0.2) is 30.3 Å². The fourth-order valence-corrected chi connectivity index (χ4v) is 1.76. The molecule has 0 saturated carbocycles. The predicted molar refractivity (Wildman–Crippen MR) is 77.2 cm³/mol. The molecule has 0 spiro atoms. The summed E-state index contributed by atoms with van der Waals surface area (Å²) >= 11 is 0. The molecule has 0 fully saturated rings. The van der Waals surface area contributed by atoms with Crippen LogP contribution in [-0.4, -0.2) is 47.5 Å². The number of rotatable bonds is 4. The summed E-state index contributed by atoms with van der Waals surface area (Å²) in [5, 5.41) is 8.86. The van der Waals surface area contributed by atoms with Crippen molar-refractivity contribution >= 4 is 5.91 Å². The Kier molecular flexibility index (Phi) is 6.48. The Hall–Kier alpha value is -2.21. The van der Waals surface area contributed by atoms with E-state index in [2.05, 4.69) is 0 Å².